The predicted octanol–water partition coefficient (Wildman–Crippen LogP) is 2.03. The fourth-order valence-electron chi connectivity index (χ4n) is 1.56. The zero-order valence-corrected chi connectivity index (χ0v) is 9.86. The second kappa shape index (κ2) is 4.23. The number of hydrogen-bond donors (Lipinski definition) is 1. The summed E-state index contributed by atoms with van der Waals surface area (Å²) in [5.41, 5.74) is 2.58. The lowest BCUT2D eigenvalue weighted by Crippen LogP contribution is -2.03. The first-order chi connectivity index (χ1) is 7.61. The quantitative estimate of drug-likeness (QED) is 0.870. The van der Waals surface area contributed by atoms with Crippen LogP contribution in [-0.2, 0) is 6.61 Å². The number of hydrogen-bond acceptors (Lipinski definition) is 3. The van der Waals surface area contributed by atoms with Gasteiger partial charge in [-0.25, -0.2) is 9.67 Å². The van der Waals surface area contributed by atoms with Gasteiger partial charge >= 0.3 is 0 Å². The Kier molecular flexibility index (Phi) is 2.94. The van der Waals surface area contributed by atoms with Crippen LogP contribution in [0.2, 0.25) is 5.02 Å². The molecule has 0 radical (unpaired) electrons. The van der Waals surface area contributed by atoms with E-state index in [4.69, 9.17) is 16.7 Å². The molecule has 0 aliphatic heterocycles. The van der Waals surface area contributed by atoms with Gasteiger partial charge in [0, 0.05) is 11.9 Å². The summed E-state index contributed by atoms with van der Waals surface area (Å²) in [6.45, 7) is 3.79. The topological polar surface area (TPSA) is 50.9 Å². The Balaban J connectivity index is 2.52. The molecule has 0 saturated carbocycles. The lowest BCUT2D eigenvalue weighted by molar-refractivity contribution is 0.281. The van der Waals surface area contributed by atoms with Crippen molar-refractivity contribution in [1.29, 1.82) is 0 Å². The summed E-state index contributed by atoms with van der Waals surface area (Å²) in [6, 6.07) is 3.65. The smallest absolute Gasteiger partial charge is 0.172 e. The highest BCUT2D eigenvalue weighted by atomic mass is 35.5. The minimum Gasteiger partial charge on any atom is -0.392 e. The van der Waals surface area contributed by atoms with Crippen LogP contribution < -0.4 is 0 Å². The second-order valence-corrected chi connectivity index (χ2v) is 4.05. The van der Waals surface area contributed by atoms with Crippen molar-refractivity contribution in [3.8, 4) is 5.82 Å². The maximum atomic E-state index is 8.96. The van der Waals surface area contributed by atoms with E-state index in [1.807, 2.05) is 19.9 Å². The Bertz CT molecular complexity index is 522. The molecule has 1 N–H and O–H groups in total. The van der Waals surface area contributed by atoms with Crippen LogP contribution in [0.3, 0.4) is 0 Å². The molecule has 2 aromatic heterocycles. The minimum absolute atomic E-state index is 0.0654. The summed E-state index contributed by atoms with van der Waals surface area (Å²) in [4.78, 5) is 4.20. The Morgan fingerprint density at radius 1 is 1.38 bits per heavy atom. The molecule has 2 aromatic rings. The van der Waals surface area contributed by atoms with Gasteiger partial charge in [0.05, 0.1) is 17.3 Å². The van der Waals surface area contributed by atoms with E-state index in [2.05, 4.69) is 10.1 Å². The molecule has 0 saturated heterocycles. The van der Waals surface area contributed by atoms with Crippen LogP contribution in [0.5, 0.6) is 0 Å². The van der Waals surface area contributed by atoms with E-state index < -0.39 is 0 Å². The maximum absolute atomic E-state index is 8.96. The SMILES string of the molecule is Cc1cc(C)n(-c2ncc(CO)cc2Cl)n1. The van der Waals surface area contributed by atoms with Gasteiger partial charge < -0.3 is 5.11 Å². The first-order valence-corrected chi connectivity index (χ1v) is 5.28. The van der Waals surface area contributed by atoms with Gasteiger partial charge in [-0.05, 0) is 31.5 Å². The molecule has 0 unspecified atom stereocenters. The largest absolute Gasteiger partial charge is 0.392 e. The third kappa shape index (κ3) is 1.94. The molecule has 2 rings (SSSR count). The van der Waals surface area contributed by atoms with Crippen molar-refractivity contribution in [2.24, 2.45) is 0 Å². The van der Waals surface area contributed by atoms with Gasteiger partial charge in [0.15, 0.2) is 5.82 Å². The lowest BCUT2D eigenvalue weighted by Gasteiger charge is -2.06. The van der Waals surface area contributed by atoms with Crippen molar-refractivity contribution in [1.82, 2.24) is 14.8 Å². The highest BCUT2D eigenvalue weighted by Gasteiger charge is 2.09. The van der Waals surface area contributed by atoms with E-state index in [1.54, 1.807) is 16.9 Å². The average molecular weight is 238 g/mol. The molecule has 2 heterocycles. The molecule has 0 atom stereocenters. The molecule has 0 amide bonds. The van der Waals surface area contributed by atoms with Crippen molar-refractivity contribution in [2.45, 2.75) is 20.5 Å². The van der Waals surface area contributed by atoms with Gasteiger partial charge in [-0.2, -0.15) is 5.10 Å². The second-order valence-electron chi connectivity index (χ2n) is 3.65. The molecule has 4 nitrogen and oxygen atoms in total. The molecular formula is C11H12ClN3O. The Morgan fingerprint density at radius 2 is 2.12 bits per heavy atom. The fourth-order valence-corrected chi connectivity index (χ4v) is 1.82. The highest BCUT2D eigenvalue weighted by Crippen LogP contribution is 2.20. The lowest BCUT2D eigenvalue weighted by atomic mass is 10.3. The van der Waals surface area contributed by atoms with Crippen LogP contribution in [0.25, 0.3) is 5.82 Å². The molecule has 16 heavy (non-hydrogen) atoms. The third-order valence-electron chi connectivity index (χ3n) is 2.27. The van der Waals surface area contributed by atoms with Crippen molar-refractivity contribution < 1.29 is 5.11 Å². The van der Waals surface area contributed by atoms with E-state index in [1.165, 1.54) is 0 Å². The number of aliphatic hydroxyl groups is 1. The van der Waals surface area contributed by atoms with Crippen LogP contribution in [0.1, 0.15) is 17.0 Å². The normalized spacial score (nSPS) is 10.8. The fraction of sp³-hybridized carbons (Fsp3) is 0.273. The van der Waals surface area contributed by atoms with Gasteiger partial charge in [-0.1, -0.05) is 11.6 Å². The average Bonchev–Trinajstić information content (AvgIpc) is 2.57. The summed E-state index contributed by atoms with van der Waals surface area (Å²) in [5.74, 6) is 0.587. The third-order valence-corrected chi connectivity index (χ3v) is 2.55. The molecule has 0 aliphatic rings. The van der Waals surface area contributed by atoms with Gasteiger partial charge in [-0.3, -0.25) is 0 Å². The van der Waals surface area contributed by atoms with E-state index in [9.17, 15) is 0 Å². The molecular weight excluding hydrogens is 226 g/mol. The molecule has 0 spiro atoms. The van der Waals surface area contributed by atoms with Crippen LogP contribution in [-0.4, -0.2) is 19.9 Å². The number of aryl methyl sites for hydroxylation is 2. The van der Waals surface area contributed by atoms with Gasteiger partial charge in [0.1, 0.15) is 0 Å². The Hall–Kier alpha value is -1.39. The first kappa shape index (κ1) is 11.1. The van der Waals surface area contributed by atoms with Crippen LogP contribution >= 0.6 is 11.6 Å². The summed E-state index contributed by atoms with van der Waals surface area (Å²) in [6.07, 6.45) is 1.59. The minimum atomic E-state index is -0.0654. The molecule has 5 heteroatoms. The summed E-state index contributed by atoms with van der Waals surface area (Å²) < 4.78 is 1.69. The zero-order valence-electron chi connectivity index (χ0n) is 9.11. The summed E-state index contributed by atoms with van der Waals surface area (Å²) >= 11 is 6.09. The zero-order chi connectivity index (χ0) is 11.7. The molecule has 0 bridgehead atoms. The van der Waals surface area contributed by atoms with Crippen molar-refractivity contribution in [2.75, 3.05) is 0 Å². The van der Waals surface area contributed by atoms with Crippen molar-refractivity contribution >= 4 is 11.6 Å². The van der Waals surface area contributed by atoms with Gasteiger partial charge in [0.2, 0.25) is 0 Å². The molecule has 84 valence electrons. The number of aromatic nitrogens is 3. The monoisotopic (exact) mass is 237 g/mol. The number of rotatable bonds is 2. The van der Waals surface area contributed by atoms with Crippen LogP contribution in [0, 0.1) is 13.8 Å². The van der Waals surface area contributed by atoms with Crippen molar-refractivity contribution in [3.05, 3.63) is 40.3 Å². The molecule has 0 fully saturated rings. The van der Waals surface area contributed by atoms with E-state index in [-0.39, 0.29) is 6.61 Å². The van der Waals surface area contributed by atoms with E-state index in [0.717, 1.165) is 11.4 Å². The molecule has 0 aliphatic carbocycles. The number of halogens is 1. The number of nitrogens with zero attached hydrogens (tertiary/aromatic N) is 3. The first-order valence-electron chi connectivity index (χ1n) is 4.90. The van der Waals surface area contributed by atoms with E-state index in [0.29, 0.717) is 16.4 Å². The highest BCUT2D eigenvalue weighted by molar-refractivity contribution is 6.32. The van der Waals surface area contributed by atoms with E-state index >= 15 is 0 Å². The number of aliphatic hydroxyl groups excluding tert-OH is 1. The van der Waals surface area contributed by atoms with Gasteiger partial charge in [-0.15, -0.1) is 0 Å². The summed E-state index contributed by atoms with van der Waals surface area (Å²) in [5, 5.41) is 13.7. The number of pyridine rings is 1. The van der Waals surface area contributed by atoms with Crippen LogP contribution in [0.4, 0.5) is 0 Å². The Morgan fingerprint density at radius 3 is 2.62 bits per heavy atom. The van der Waals surface area contributed by atoms with Crippen molar-refractivity contribution in [3.63, 3.8) is 0 Å². The summed E-state index contributed by atoms with van der Waals surface area (Å²) in [7, 11) is 0. The molecule has 0 aromatic carbocycles. The Labute approximate surface area is 98.5 Å². The maximum Gasteiger partial charge on any atom is 0.172 e. The standard InChI is InChI=1S/C11H12ClN3O/c1-7-3-8(2)15(14-7)11-10(12)4-9(6-16)5-13-11/h3-5,16H,6H2,1-2H3. The predicted molar refractivity (Wildman–Crippen MR) is 61.8 cm³/mol. The van der Waals surface area contributed by atoms with Gasteiger partial charge in [0.25, 0.3) is 0 Å². The van der Waals surface area contributed by atoms with Crippen LogP contribution in [0.15, 0.2) is 18.3 Å².